The van der Waals surface area contributed by atoms with E-state index in [1.807, 2.05) is 18.2 Å². The second-order valence-electron chi connectivity index (χ2n) is 4.10. The van der Waals surface area contributed by atoms with Crippen molar-refractivity contribution in [1.82, 2.24) is 25.4 Å². The van der Waals surface area contributed by atoms with Crippen LogP contribution in [-0.4, -0.2) is 31.3 Å². The average molecular weight is 321 g/mol. The molecule has 0 saturated heterocycles. The molecule has 0 unspecified atom stereocenters. The van der Waals surface area contributed by atoms with Gasteiger partial charge >= 0.3 is 0 Å². The molecule has 0 spiro atoms. The Hall–Kier alpha value is -2.32. The highest BCUT2D eigenvalue weighted by molar-refractivity contribution is 7.17. The number of benzene rings is 1. The normalized spacial score (nSPS) is 10.6. The van der Waals surface area contributed by atoms with Gasteiger partial charge in [-0.1, -0.05) is 23.5 Å². The number of nitrogens with zero attached hydrogens (tertiary/aromatic N) is 4. The highest BCUT2D eigenvalue weighted by Crippen LogP contribution is 2.25. The number of aromatic amines is 1. The average Bonchev–Trinajstić information content (AvgIpc) is 3.08. The second kappa shape index (κ2) is 5.58. The predicted octanol–water partition coefficient (Wildman–Crippen LogP) is 2.54. The van der Waals surface area contributed by atoms with E-state index in [4.69, 9.17) is 11.6 Å². The Morgan fingerprint density at radius 1 is 1.33 bits per heavy atom. The minimum atomic E-state index is -0.376. The number of anilines is 1. The summed E-state index contributed by atoms with van der Waals surface area (Å²) in [6.07, 6.45) is 0. The van der Waals surface area contributed by atoms with E-state index in [1.54, 1.807) is 13.0 Å². The zero-order valence-corrected chi connectivity index (χ0v) is 12.4. The number of carbonyl (C=O) groups is 1. The van der Waals surface area contributed by atoms with E-state index in [9.17, 15) is 4.79 Å². The summed E-state index contributed by atoms with van der Waals surface area (Å²) < 4.78 is 0.220. The van der Waals surface area contributed by atoms with Crippen molar-refractivity contribution in [2.75, 3.05) is 5.32 Å². The molecule has 0 aliphatic rings. The van der Waals surface area contributed by atoms with Crippen LogP contribution in [0.3, 0.4) is 0 Å². The summed E-state index contributed by atoms with van der Waals surface area (Å²) in [6, 6.07) is 7.25. The van der Waals surface area contributed by atoms with Crippen LogP contribution in [-0.2, 0) is 0 Å². The molecule has 0 fully saturated rings. The molecule has 0 atom stereocenters. The Labute approximate surface area is 128 Å². The molecule has 0 bridgehead atoms. The number of para-hydroxylation sites is 1. The lowest BCUT2D eigenvalue weighted by atomic mass is 10.1. The van der Waals surface area contributed by atoms with Crippen molar-refractivity contribution in [3.8, 4) is 11.4 Å². The van der Waals surface area contributed by atoms with Gasteiger partial charge < -0.3 is 5.32 Å². The summed E-state index contributed by atoms with van der Waals surface area (Å²) in [5.74, 6) is 0.833. The van der Waals surface area contributed by atoms with Crippen LogP contribution in [0.4, 0.5) is 5.69 Å². The molecule has 2 heterocycles. The van der Waals surface area contributed by atoms with E-state index in [0.29, 0.717) is 22.9 Å². The van der Waals surface area contributed by atoms with Crippen LogP contribution in [0.1, 0.15) is 15.6 Å². The number of nitrogens with one attached hydrogen (secondary N) is 2. The summed E-state index contributed by atoms with van der Waals surface area (Å²) in [7, 11) is 0. The minimum Gasteiger partial charge on any atom is -0.319 e. The number of halogens is 1. The molecule has 0 aliphatic carbocycles. The van der Waals surface area contributed by atoms with Crippen LogP contribution in [0, 0.1) is 6.92 Å². The number of aryl methyl sites for hydroxylation is 1. The van der Waals surface area contributed by atoms with Crippen molar-refractivity contribution in [2.45, 2.75) is 6.92 Å². The van der Waals surface area contributed by atoms with Crippen LogP contribution < -0.4 is 5.32 Å². The molecular weight excluding hydrogens is 312 g/mol. The van der Waals surface area contributed by atoms with Crippen molar-refractivity contribution in [1.29, 1.82) is 0 Å². The Balaban J connectivity index is 1.91. The number of hydrogen-bond acceptors (Lipinski definition) is 6. The molecular formula is C12H9ClN6OS. The van der Waals surface area contributed by atoms with Gasteiger partial charge in [0, 0.05) is 5.56 Å². The molecule has 1 aromatic carbocycles. The fourth-order valence-corrected chi connectivity index (χ4v) is 2.45. The van der Waals surface area contributed by atoms with Crippen LogP contribution in [0.5, 0.6) is 0 Å². The zero-order valence-electron chi connectivity index (χ0n) is 10.8. The summed E-state index contributed by atoms with van der Waals surface area (Å²) in [5.41, 5.74) is 1.30. The Morgan fingerprint density at radius 2 is 2.14 bits per heavy atom. The van der Waals surface area contributed by atoms with Gasteiger partial charge in [-0.2, -0.15) is 5.10 Å². The lowest BCUT2D eigenvalue weighted by Crippen LogP contribution is -2.12. The van der Waals surface area contributed by atoms with Gasteiger partial charge in [0.25, 0.3) is 5.91 Å². The van der Waals surface area contributed by atoms with E-state index in [-0.39, 0.29) is 15.4 Å². The van der Waals surface area contributed by atoms with Gasteiger partial charge in [-0.25, -0.2) is 4.98 Å². The van der Waals surface area contributed by atoms with Crippen LogP contribution in [0.15, 0.2) is 24.3 Å². The van der Waals surface area contributed by atoms with E-state index >= 15 is 0 Å². The van der Waals surface area contributed by atoms with Crippen molar-refractivity contribution in [3.63, 3.8) is 0 Å². The van der Waals surface area contributed by atoms with E-state index in [0.717, 1.165) is 11.3 Å². The first-order valence-electron chi connectivity index (χ1n) is 5.92. The largest absolute Gasteiger partial charge is 0.319 e. The van der Waals surface area contributed by atoms with Gasteiger partial charge in [0.1, 0.15) is 5.82 Å². The summed E-state index contributed by atoms with van der Waals surface area (Å²) in [5, 5.41) is 17.1. The first-order valence-corrected chi connectivity index (χ1v) is 7.11. The van der Waals surface area contributed by atoms with Crippen LogP contribution >= 0.6 is 22.9 Å². The number of hydrogen-bond donors (Lipinski definition) is 2. The Morgan fingerprint density at radius 3 is 2.81 bits per heavy atom. The van der Waals surface area contributed by atoms with Crippen LogP contribution in [0.25, 0.3) is 11.4 Å². The lowest BCUT2D eigenvalue weighted by molar-refractivity contribution is 0.102. The molecule has 3 rings (SSSR count). The van der Waals surface area contributed by atoms with E-state index < -0.39 is 0 Å². The molecule has 7 nitrogen and oxygen atoms in total. The maximum absolute atomic E-state index is 12.1. The molecule has 9 heteroatoms. The van der Waals surface area contributed by atoms with Crippen molar-refractivity contribution < 1.29 is 4.79 Å². The van der Waals surface area contributed by atoms with Gasteiger partial charge in [0.15, 0.2) is 5.82 Å². The molecule has 3 aromatic rings. The third-order valence-electron chi connectivity index (χ3n) is 2.61. The number of amides is 1. The topological polar surface area (TPSA) is 96.5 Å². The number of rotatable bonds is 3. The first-order chi connectivity index (χ1) is 10.1. The molecule has 21 heavy (non-hydrogen) atoms. The fourth-order valence-electron chi connectivity index (χ4n) is 1.72. The molecule has 1 amide bonds. The zero-order chi connectivity index (χ0) is 14.8. The number of aromatic nitrogens is 5. The lowest BCUT2D eigenvalue weighted by Gasteiger charge is -2.07. The number of carbonyl (C=O) groups excluding carboxylic acids is 1. The standard InChI is InChI=1S/C12H9ClN6OS/c1-6-14-9(17-16-6)7-4-2-3-5-8(7)15-10(20)11-18-19-12(13)21-11/h2-5H,1H3,(H,15,20)(H,14,16,17). The Kier molecular flexibility index (Phi) is 3.63. The van der Waals surface area contributed by atoms with Gasteiger partial charge in [0.2, 0.25) is 9.47 Å². The third kappa shape index (κ3) is 2.91. The fraction of sp³-hybridized carbons (Fsp3) is 0.0833. The van der Waals surface area contributed by atoms with Gasteiger partial charge in [-0.05, 0) is 30.7 Å². The van der Waals surface area contributed by atoms with Crippen molar-refractivity contribution in [3.05, 3.63) is 39.6 Å². The third-order valence-corrected chi connectivity index (χ3v) is 3.63. The Bertz CT molecular complexity index is 798. The molecule has 0 aliphatic heterocycles. The van der Waals surface area contributed by atoms with E-state index in [1.165, 1.54) is 0 Å². The maximum Gasteiger partial charge on any atom is 0.286 e. The summed E-state index contributed by atoms with van der Waals surface area (Å²) >= 11 is 6.69. The minimum absolute atomic E-state index is 0.195. The summed E-state index contributed by atoms with van der Waals surface area (Å²) in [4.78, 5) is 16.4. The second-order valence-corrected chi connectivity index (χ2v) is 5.66. The monoisotopic (exact) mass is 320 g/mol. The highest BCUT2D eigenvalue weighted by Gasteiger charge is 2.15. The highest BCUT2D eigenvalue weighted by atomic mass is 35.5. The number of H-pyrrole nitrogens is 1. The maximum atomic E-state index is 12.1. The molecule has 0 saturated carbocycles. The van der Waals surface area contributed by atoms with Crippen LogP contribution in [0.2, 0.25) is 4.47 Å². The van der Waals surface area contributed by atoms with Crippen molar-refractivity contribution in [2.24, 2.45) is 0 Å². The summed E-state index contributed by atoms with van der Waals surface area (Å²) in [6.45, 7) is 1.81. The van der Waals surface area contributed by atoms with E-state index in [2.05, 4.69) is 30.7 Å². The molecule has 2 aromatic heterocycles. The van der Waals surface area contributed by atoms with Gasteiger partial charge in [0.05, 0.1) is 5.69 Å². The van der Waals surface area contributed by atoms with Gasteiger partial charge in [-0.15, -0.1) is 10.2 Å². The SMILES string of the molecule is Cc1nc(-c2ccccc2NC(=O)c2nnc(Cl)s2)n[nH]1. The predicted molar refractivity (Wildman–Crippen MR) is 79.4 cm³/mol. The molecule has 0 radical (unpaired) electrons. The van der Waals surface area contributed by atoms with Gasteiger partial charge in [-0.3, -0.25) is 9.89 Å². The molecule has 106 valence electrons. The quantitative estimate of drug-likeness (QED) is 0.773. The first kappa shape index (κ1) is 13.7. The van der Waals surface area contributed by atoms with Crippen molar-refractivity contribution >= 4 is 34.5 Å². The smallest absolute Gasteiger partial charge is 0.286 e. The molecule has 2 N–H and O–H groups in total.